The Labute approximate surface area is 83.3 Å². The first-order valence-electron chi connectivity index (χ1n) is 4.09. The van der Waals surface area contributed by atoms with Crippen LogP contribution in [0.4, 0.5) is 0 Å². The maximum Gasteiger partial charge on any atom is 0.327 e. The molecule has 13 heavy (non-hydrogen) atoms. The van der Waals surface area contributed by atoms with Crippen LogP contribution in [0.5, 0.6) is 0 Å². The fraction of sp³-hybridized carbons (Fsp3) is 0.667. The van der Waals surface area contributed by atoms with Gasteiger partial charge < -0.3 is 9.84 Å². The van der Waals surface area contributed by atoms with E-state index in [9.17, 15) is 9.90 Å². The number of aliphatic hydroxyl groups is 1. The van der Waals surface area contributed by atoms with Crippen LogP contribution in [0, 0.1) is 0 Å². The highest BCUT2D eigenvalue weighted by atomic mass is 35.5. The first-order chi connectivity index (χ1) is 5.95. The molecule has 0 radical (unpaired) electrons. The van der Waals surface area contributed by atoms with Crippen LogP contribution in [0.3, 0.4) is 0 Å². The van der Waals surface area contributed by atoms with E-state index in [1.54, 1.807) is 6.92 Å². The molecule has 76 valence electrons. The lowest BCUT2D eigenvalue weighted by atomic mass is 9.98. The summed E-state index contributed by atoms with van der Waals surface area (Å²) in [5.41, 5.74) is -1.30. The number of ether oxygens (including phenoxy) is 1. The minimum Gasteiger partial charge on any atom is -0.465 e. The van der Waals surface area contributed by atoms with Gasteiger partial charge in [0.15, 0.2) is 5.38 Å². The molecule has 0 amide bonds. The minimum absolute atomic E-state index is 0.250. The van der Waals surface area contributed by atoms with Crippen LogP contribution in [-0.2, 0) is 9.53 Å². The molecule has 0 aromatic rings. The molecule has 0 aromatic carbocycles. The van der Waals surface area contributed by atoms with Gasteiger partial charge in [0.25, 0.3) is 0 Å². The summed E-state index contributed by atoms with van der Waals surface area (Å²) in [4.78, 5) is 11.1. The summed E-state index contributed by atoms with van der Waals surface area (Å²) >= 11 is 5.71. The Hall–Kier alpha value is -0.540. The van der Waals surface area contributed by atoms with Gasteiger partial charge in [0.05, 0.1) is 12.2 Å². The fourth-order valence-electron chi connectivity index (χ4n) is 0.865. The summed E-state index contributed by atoms with van der Waals surface area (Å²) in [7, 11) is 0. The molecule has 2 atom stereocenters. The largest absolute Gasteiger partial charge is 0.465 e. The van der Waals surface area contributed by atoms with Crippen LogP contribution in [0.15, 0.2) is 12.7 Å². The molecule has 0 aromatic heterocycles. The zero-order valence-electron chi connectivity index (χ0n) is 7.92. The Morgan fingerprint density at radius 1 is 1.85 bits per heavy atom. The van der Waals surface area contributed by atoms with Crippen molar-refractivity contribution in [3.05, 3.63) is 12.7 Å². The summed E-state index contributed by atoms with van der Waals surface area (Å²) < 4.78 is 4.67. The number of carbonyl (C=O) groups is 1. The molecule has 0 aliphatic carbocycles. The Bertz CT molecular complexity index is 189. The molecular weight excluding hydrogens is 192 g/mol. The molecule has 1 N–H and O–H groups in total. The summed E-state index contributed by atoms with van der Waals surface area (Å²) in [6.45, 7) is 6.88. The van der Waals surface area contributed by atoms with Gasteiger partial charge in [-0.15, -0.1) is 18.2 Å². The lowest BCUT2D eigenvalue weighted by molar-refractivity contribution is -0.147. The van der Waals surface area contributed by atoms with Crippen LogP contribution in [0.1, 0.15) is 20.3 Å². The van der Waals surface area contributed by atoms with Crippen LogP contribution in [-0.4, -0.2) is 28.7 Å². The van der Waals surface area contributed by atoms with E-state index in [4.69, 9.17) is 11.6 Å². The lowest BCUT2D eigenvalue weighted by Crippen LogP contribution is -2.41. The zero-order valence-corrected chi connectivity index (χ0v) is 8.67. The molecule has 0 aliphatic rings. The Morgan fingerprint density at radius 3 is 2.77 bits per heavy atom. The second-order valence-electron chi connectivity index (χ2n) is 2.96. The molecule has 0 bridgehead atoms. The highest BCUT2D eigenvalue weighted by molar-refractivity contribution is 6.30. The number of hydrogen-bond acceptors (Lipinski definition) is 3. The van der Waals surface area contributed by atoms with Crippen molar-refractivity contribution < 1.29 is 14.6 Å². The summed E-state index contributed by atoms with van der Waals surface area (Å²) in [5, 5.41) is 8.63. The van der Waals surface area contributed by atoms with Gasteiger partial charge in [0.1, 0.15) is 0 Å². The fourth-order valence-corrected chi connectivity index (χ4v) is 1.02. The SMILES string of the molecule is C=CCC(C)(O)C(Cl)C(=O)OCC. The average Bonchev–Trinajstić information content (AvgIpc) is 2.03. The van der Waals surface area contributed by atoms with Gasteiger partial charge in [0.2, 0.25) is 0 Å². The first kappa shape index (κ1) is 12.5. The van der Waals surface area contributed by atoms with Crippen molar-refractivity contribution in [3.63, 3.8) is 0 Å². The number of rotatable bonds is 5. The molecule has 0 spiro atoms. The zero-order chi connectivity index (χ0) is 10.5. The third-order valence-electron chi connectivity index (χ3n) is 1.60. The van der Waals surface area contributed by atoms with E-state index in [1.165, 1.54) is 13.0 Å². The molecule has 0 fully saturated rings. The lowest BCUT2D eigenvalue weighted by Gasteiger charge is -2.25. The summed E-state index contributed by atoms with van der Waals surface area (Å²) in [6.07, 6.45) is 1.76. The number of esters is 1. The molecule has 2 unspecified atom stereocenters. The quantitative estimate of drug-likeness (QED) is 0.421. The normalized spacial score (nSPS) is 17.2. The topological polar surface area (TPSA) is 46.5 Å². The predicted octanol–water partition coefficient (Wildman–Crippen LogP) is 1.48. The van der Waals surface area contributed by atoms with Crippen LogP contribution in [0.25, 0.3) is 0 Å². The highest BCUT2D eigenvalue weighted by Crippen LogP contribution is 2.21. The Kier molecular flexibility index (Phi) is 5.03. The minimum atomic E-state index is -1.30. The van der Waals surface area contributed by atoms with Crippen molar-refractivity contribution in [2.24, 2.45) is 0 Å². The van der Waals surface area contributed by atoms with Crippen molar-refractivity contribution in [3.8, 4) is 0 Å². The van der Waals surface area contributed by atoms with Crippen LogP contribution >= 0.6 is 11.6 Å². The maximum atomic E-state index is 11.1. The first-order valence-corrected chi connectivity index (χ1v) is 4.53. The van der Waals surface area contributed by atoms with Crippen LogP contribution < -0.4 is 0 Å². The van der Waals surface area contributed by atoms with E-state index >= 15 is 0 Å². The van der Waals surface area contributed by atoms with Crippen LogP contribution in [0.2, 0.25) is 0 Å². The van der Waals surface area contributed by atoms with Gasteiger partial charge in [-0.2, -0.15) is 0 Å². The number of carbonyl (C=O) groups excluding carboxylic acids is 1. The van der Waals surface area contributed by atoms with Crippen molar-refractivity contribution in [2.45, 2.75) is 31.2 Å². The van der Waals surface area contributed by atoms with Crippen molar-refractivity contribution in [1.29, 1.82) is 0 Å². The molecule has 0 saturated carbocycles. The Morgan fingerprint density at radius 2 is 2.38 bits per heavy atom. The van der Waals surface area contributed by atoms with Crippen molar-refractivity contribution in [2.75, 3.05) is 6.61 Å². The third kappa shape index (κ3) is 3.79. The van der Waals surface area contributed by atoms with Gasteiger partial charge in [-0.1, -0.05) is 6.08 Å². The average molecular weight is 207 g/mol. The monoisotopic (exact) mass is 206 g/mol. The van der Waals surface area contributed by atoms with Gasteiger partial charge >= 0.3 is 5.97 Å². The molecule has 0 rings (SSSR count). The smallest absolute Gasteiger partial charge is 0.327 e. The maximum absolute atomic E-state index is 11.1. The highest BCUT2D eigenvalue weighted by Gasteiger charge is 2.35. The van der Waals surface area contributed by atoms with E-state index in [1.807, 2.05) is 0 Å². The van der Waals surface area contributed by atoms with E-state index in [-0.39, 0.29) is 13.0 Å². The molecule has 0 aliphatic heterocycles. The predicted molar refractivity (Wildman–Crippen MR) is 51.7 cm³/mol. The summed E-state index contributed by atoms with van der Waals surface area (Å²) in [5.74, 6) is -0.601. The number of halogens is 1. The standard InChI is InChI=1S/C9H15ClO3/c1-4-6-9(3,12)7(10)8(11)13-5-2/h4,7,12H,1,5-6H2,2-3H3. The third-order valence-corrected chi connectivity index (χ3v) is 2.25. The van der Waals surface area contributed by atoms with Gasteiger partial charge in [-0.3, -0.25) is 4.79 Å². The van der Waals surface area contributed by atoms with Gasteiger partial charge in [0, 0.05) is 0 Å². The van der Waals surface area contributed by atoms with E-state index in [2.05, 4.69) is 11.3 Å². The number of alkyl halides is 1. The molecule has 0 saturated heterocycles. The van der Waals surface area contributed by atoms with Gasteiger partial charge in [-0.05, 0) is 20.3 Å². The number of hydrogen-bond donors (Lipinski definition) is 1. The molecule has 4 heteroatoms. The summed E-state index contributed by atoms with van der Waals surface area (Å²) in [6, 6.07) is 0. The molecular formula is C9H15ClO3. The molecule has 0 heterocycles. The molecule has 3 nitrogen and oxygen atoms in total. The van der Waals surface area contributed by atoms with Crippen molar-refractivity contribution >= 4 is 17.6 Å². The van der Waals surface area contributed by atoms with Gasteiger partial charge in [-0.25, -0.2) is 0 Å². The second kappa shape index (κ2) is 5.25. The van der Waals surface area contributed by atoms with E-state index < -0.39 is 16.9 Å². The Balaban J connectivity index is 4.29. The second-order valence-corrected chi connectivity index (χ2v) is 3.40. The van der Waals surface area contributed by atoms with Crippen molar-refractivity contribution in [1.82, 2.24) is 0 Å². The van der Waals surface area contributed by atoms with E-state index in [0.29, 0.717) is 0 Å². The van der Waals surface area contributed by atoms with E-state index in [0.717, 1.165) is 0 Å².